The molecule has 0 aromatic rings. The van der Waals surface area contributed by atoms with Gasteiger partial charge in [0.05, 0.1) is 12.1 Å². The van der Waals surface area contributed by atoms with Gasteiger partial charge >= 0.3 is 0 Å². The van der Waals surface area contributed by atoms with E-state index in [1.807, 2.05) is 7.05 Å². The van der Waals surface area contributed by atoms with Crippen molar-refractivity contribution in [3.63, 3.8) is 0 Å². The van der Waals surface area contributed by atoms with Crippen molar-refractivity contribution in [3.8, 4) is 0 Å². The number of carbonyl (C=O) groups excluding carboxylic acids is 1. The normalized spacial score (nSPS) is 30.8. The Kier molecular flexibility index (Phi) is 5.01. The number of carbonyl (C=O) groups is 1. The molecule has 1 aliphatic heterocycles. The molecule has 0 unspecified atom stereocenters. The first-order valence-electron chi connectivity index (χ1n) is 7.35. The van der Waals surface area contributed by atoms with E-state index in [9.17, 15) is 9.90 Å². The van der Waals surface area contributed by atoms with E-state index in [-0.39, 0.29) is 17.9 Å². The smallest absolute Gasteiger partial charge is 0.225 e. The molecule has 104 valence electrons. The molecule has 1 amide bonds. The molecule has 4 nitrogen and oxygen atoms in total. The molecule has 0 aromatic carbocycles. The van der Waals surface area contributed by atoms with Gasteiger partial charge in [0.15, 0.2) is 0 Å². The molecule has 1 aliphatic carbocycles. The highest BCUT2D eigenvalue weighted by Gasteiger charge is 2.33. The first-order chi connectivity index (χ1) is 8.70. The lowest BCUT2D eigenvalue weighted by atomic mass is 9.90. The Labute approximate surface area is 110 Å². The minimum atomic E-state index is -0.410. The fourth-order valence-electron chi connectivity index (χ4n) is 3.20. The monoisotopic (exact) mass is 254 g/mol. The molecule has 0 spiro atoms. The average Bonchev–Trinajstić information content (AvgIpc) is 2.73. The fourth-order valence-corrected chi connectivity index (χ4v) is 3.20. The molecular weight excluding hydrogens is 228 g/mol. The molecule has 4 heteroatoms. The lowest BCUT2D eigenvalue weighted by Crippen LogP contribution is -2.46. The number of β-amino-alcohol motifs (C(OH)–C–C–N with tert-alkyl or cyclic N) is 1. The number of hydrogen-bond acceptors (Lipinski definition) is 3. The first kappa shape index (κ1) is 13.8. The van der Waals surface area contributed by atoms with Gasteiger partial charge in [0.1, 0.15) is 0 Å². The summed E-state index contributed by atoms with van der Waals surface area (Å²) in [5.41, 5.74) is 0. The Morgan fingerprint density at radius 2 is 1.72 bits per heavy atom. The van der Waals surface area contributed by atoms with Crippen molar-refractivity contribution in [2.75, 3.05) is 20.1 Å². The van der Waals surface area contributed by atoms with E-state index >= 15 is 0 Å². The first-order valence-corrected chi connectivity index (χ1v) is 7.35. The highest BCUT2D eigenvalue weighted by atomic mass is 16.3. The summed E-state index contributed by atoms with van der Waals surface area (Å²) in [4.78, 5) is 14.3. The van der Waals surface area contributed by atoms with Crippen LogP contribution in [0.15, 0.2) is 0 Å². The van der Waals surface area contributed by atoms with Crippen molar-refractivity contribution >= 4 is 5.91 Å². The molecule has 2 atom stereocenters. The van der Waals surface area contributed by atoms with E-state index in [4.69, 9.17) is 0 Å². The van der Waals surface area contributed by atoms with E-state index < -0.39 is 6.10 Å². The quantitative estimate of drug-likeness (QED) is 0.777. The number of nitrogens with one attached hydrogen (secondary N) is 1. The zero-order chi connectivity index (χ0) is 13.0. The third-order valence-corrected chi connectivity index (χ3v) is 4.45. The van der Waals surface area contributed by atoms with Crippen LogP contribution >= 0.6 is 0 Å². The summed E-state index contributed by atoms with van der Waals surface area (Å²) in [6.45, 7) is 1.32. The molecule has 0 bridgehead atoms. The number of likely N-dealkylation sites (N-methyl/N-ethyl adjacent to an activating group) is 1. The van der Waals surface area contributed by atoms with Crippen LogP contribution in [0.3, 0.4) is 0 Å². The van der Waals surface area contributed by atoms with Gasteiger partial charge in [0, 0.05) is 26.1 Å². The minimum Gasteiger partial charge on any atom is -0.390 e. The second-order valence-electron chi connectivity index (χ2n) is 5.78. The molecule has 1 saturated heterocycles. The molecule has 2 fully saturated rings. The zero-order valence-corrected chi connectivity index (χ0v) is 11.4. The third-order valence-electron chi connectivity index (χ3n) is 4.45. The Hall–Kier alpha value is -0.610. The van der Waals surface area contributed by atoms with Crippen LogP contribution in [0.2, 0.25) is 0 Å². The SMILES string of the molecule is CN(C(=O)C1CCCCCCC1)[C@H]1CNC[C@@H]1O. The number of aliphatic hydroxyl groups is 1. The Morgan fingerprint density at radius 1 is 1.11 bits per heavy atom. The van der Waals surface area contributed by atoms with Gasteiger partial charge in [-0.3, -0.25) is 4.79 Å². The highest BCUT2D eigenvalue weighted by Crippen LogP contribution is 2.25. The van der Waals surface area contributed by atoms with Crippen molar-refractivity contribution in [3.05, 3.63) is 0 Å². The van der Waals surface area contributed by atoms with Gasteiger partial charge in [-0.2, -0.15) is 0 Å². The van der Waals surface area contributed by atoms with Gasteiger partial charge in [-0.15, -0.1) is 0 Å². The second-order valence-corrected chi connectivity index (χ2v) is 5.78. The standard InChI is InChI=1S/C14H26N2O2/c1-16(12-9-15-10-13(12)17)14(18)11-7-5-3-2-4-6-8-11/h11-13,15,17H,2-10H2,1H3/t12-,13-/m0/s1. The molecule has 0 aromatic heterocycles. The summed E-state index contributed by atoms with van der Waals surface area (Å²) in [6.07, 6.45) is 7.85. The molecule has 2 N–H and O–H groups in total. The van der Waals surface area contributed by atoms with E-state index in [1.165, 1.54) is 32.1 Å². The average molecular weight is 254 g/mol. The van der Waals surface area contributed by atoms with Gasteiger partial charge in [-0.25, -0.2) is 0 Å². The molecule has 2 aliphatic rings. The Bertz CT molecular complexity index is 275. The van der Waals surface area contributed by atoms with E-state index in [1.54, 1.807) is 4.90 Å². The van der Waals surface area contributed by atoms with Crippen molar-refractivity contribution in [1.29, 1.82) is 0 Å². The summed E-state index contributed by atoms with van der Waals surface area (Å²) in [5.74, 6) is 0.424. The van der Waals surface area contributed by atoms with Crippen molar-refractivity contribution in [2.24, 2.45) is 5.92 Å². The summed E-state index contributed by atoms with van der Waals surface area (Å²) < 4.78 is 0. The highest BCUT2D eigenvalue weighted by molar-refractivity contribution is 5.79. The van der Waals surface area contributed by atoms with E-state index in [0.29, 0.717) is 6.54 Å². The number of rotatable bonds is 2. The van der Waals surface area contributed by atoms with Crippen molar-refractivity contribution in [1.82, 2.24) is 10.2 Å². The van der Waals surface area contributed by atoms with Crippen LogP contribution < -0.4 is 5.32 Å². The number of amides is 1. The van der Waals surface area contributed by atoms with Gasteiger partial charge in [-0.1, -0.05) is 32.1 Å². The van der Waals surface area contributed by atoms with Gasteiger partial charge < -0.3 is 15.3 Å². The topological polar surface area (TPSA) is 52.6 Å². The maximum Gasteiger partial charge on any atom is 0.225 e. The molecule has 2 rings (SSSR count). The Morgan fingerprint density at radius 3 is 2.28 bits per heavy atom. The lowest BCUT2D eigenvalue weighted by molar-refractivity contribution is -0.138. The summed E-state index contributed by atoms with van der Waals surface area (Å²) >= 11 is 0. The van der Waals surface area contributed by atoms with E-state index in [0.717, 1.165) is 19.4 Å². The van der Waals surface area contributed by atoms with Crippen LogP contribution in [0.25, 0.3) is 0 Å². The minimum absolute atomic E-state index is 0.0389. The van der Waals surface area contributed by atoms with Crippen molar-refractivity contribution in [2.45, 2.75) is 57.1 Å². The summed E-state index contributed by atoms with van der Waals surface area (Å²) in [6, 6.07) is -0.0389. The number of hydrogen-bond donors (Lipinski definition) is 2. The van der Waals surface area contributed by atoms with Gasteiger partial charge in [0.2, 0.25) is 5.91 Å². The predicted octanol–water partition coefficient (Wildman–Crippen LogP) is 1.14. The molecule has 1 saturated carbocycles. The summed E-state index contributed by atoms with van der Waals surface area (Å²) in [5, 5.41) is 13.0. The molecule has 1 heterocycles. The van der Waals surface area contributed by atoms with Crippen LogP contribution in [0.1, 0.15) is 44.9 Å². The van der Waals surface area contributed by atoms with Crippen LogP contribution in [0, 0.1) is 5.92 Å². The van der Waals surface area contributed by atoms with Crippen LogP contribution in [0.5, 0.6) is 0 Å². The molecular formula is C14H26N2O2. The van der Waals surface area contributed by atoms with E-state index in [2.05, 4.69) is 5.32 Å². The largest absolute Gasteiger partial charge is 0.390 e. The van der Waals surface area contributed by atoms with Crippen LogP contribution in [-0.2, 0) is 4.79 Å². The Balaban J connectivity index is 1.91. The number of aliphatic hydroxyl groups excluding tert-OH is 1. The second kappa shape index (κ2) is 6.53. The van der Waals surface area contributed by atoms with Crippen LogP contribution in [-0.4, -0.2) is 48.2 Å². The predicted molar refractivity (Wildman–Crippen MR) is 71.2 cm³/mol. The zero-order valence-electron chi connectivity index (χ0n) is 11.4. The van der Waals surface area contributed by atoms with Gasteiger partial charge in [-0.05, 0) is 12.8 Å². The maximum atomic E-state index is 12.5. The number of nitrogens with zero attached hydrogens (tertiary/aromatic N) is 1. The molecule has 0 radical (unpaired) electrons. The summed E-state index contributed by atoms with van der Waals surface area (Å²) in [7, 11) is 1.85. The molecule has 18 heavy (non-hydrogen) atoms. The van der Waals surface area contributed by atoms with Crippen molar-refractivity contribution < 1.29 is 9.90 Å². The van der Waals surface area contributed by atoms with Gasteiger partial charge in [0.25, 0.3) is 0 Å². The fraction of sp³-hybridized carbons (Fsp3) is 0.929. The maximum absolute atomic E-state index is 12.5. The third kappa shape index (κ3) is 3.23. The van der Waals surface area contributed by atoms with Crippen LogP contribution in [0.4, 0.5) is 0 Å². The lowest BCUT2D eigenvalue weighted by Gasteiger charge is -2.30.